The summed E-state index contributed by atoms with van der Waals surface area (Å²) < 4.78 is 0. The Labute approximate surface area is 122 Å². The minimum absolute atomic E-state index is 0.117. The third-order valence-corrected chi connectivity index (χ3v) is 3.70. The van der Waals surface area contributed by atoms with Crippen LogP contribution in [0.3, 0.4) is 0 Å². The summed E-state index contributed by atoms with van der Waals surface area (Å²) in [6.45, 7) is 7.42. The minimum atomic E-state index is -0.117. The van der Waals surface area contributed by atoms with Crippen molar-refractivity contribution in [3.8, 4) is 10.7 Å². The maximum atomic E-state index is 11.3. The zero-order valence-corrected chi connectivity index (χ0v) is 12.9. The number of hydrogen-bond acceptors (Lipinski definition) is 5. The van der Waals surface area contributed by atoms with Gasteiger partial charge in [0.25, 0.3) is 0 Å². The monoisotopic (exact) mass is 292 g/mol. The standard InChI is InChI=1S/C14H20N4OS/c1-14(2,3)15-9-5-8-12-17-18-13(20-12)10-6-4-7-11(19)16-10/h4,6-7,15H,5,8-9H2,1-3H3,(H,16,19). The van der Waals surface area contributed by atoms with Gasteiger partial charge in [0.05, 0.1) is 5.69 Å². The van der Waals surface area contributed by atoms with Crippen LogP contribution in [0.1, 0.15) is 32.2 Å². The molecule has 2 aromatic rings. The quantitative estimate of drug-likeness (QED) is 0.829. The fraction of sp³-hybridized carbons (Fsp3) is 0.500. The molecule has 0 atom stereocenters. The molecule has 5 nitrogen and oxygen atoms in total. The van der Waals surface area contributed by atoms with E-state index >= 15 is 0 Å². The zero-order chi connectivity index (χ0) is 14.6. The number of H-pyrrole nitrogens is 1. The van der Waals surface area contributed by atoms with E-state index in [1.807, 2.05) is 6.07 Å². The first kappa shape index (κ1) is 14.9. The predicted molar refractivity (Wildman–Crippen MR) is 82.0 cm³/mol. The van der Waals surface area contributed by atoms with Gasteiger partial charge in [-0.3, -0.25) is 4.79 Å². The molecule has 0 aliphatic carbocycles. The van der Waals surface area contributed by atoms with Crippen molar-refractivity contribution in [1.29, 1.82) is 0 Å². The number of pyridine rings is 1. The molecule has 2 heterocycles. The Morgan fingerprint density at radius 2 is 2.10 bits per heavy atom. The Morgan fingerprint density at radius 1 is 1.30 bits per heavy atom. The van der Waals surface area contributed by atoms with Crippen LogP contribution in [0, 0.1) is 0 Å². The zero-order valence-electron chi connectivity index (χ0n) is 12.1. The maximum absolute atomic E-state index is 11.3. The van der Waals surface area contributed by atoms with E-state index in [0.29, 0.717) is 0 Å². The van der Waals surface area contributed by atoms with Gasteiger partial charge in [-0.25, -0.2) is 0 Å². The van der Waals surface area contributed by atoms with Crippen LogP contribution in [0.5, 0.6) is 0 Å². The van der Waals surface area contributed by atoms with Crippen molar-refractivity contribution in [2.24, 2.45) is 0 Å². The lowest BCUT2D eigenvalue weighted by molar-refractivity contribution is 0.422. The largest absolute Gasteiger partial charge is 0.320 e. The highest BCUT2D eigenvalue weighted by molar-refractivity contribution is 7.14. The average molecular weight is 292 g/mol. The fourth-order valence-electron chi connectivity index (χ4n) is 1.74. The first-order valence-electron chi connectivity index (χ1n) is 6.71. The SMILES string of the molecule is CC(C)(C)NCCCc1nnc(-c2cccc(=O)[nH]2)s1. The first-order valence-corrected chi connectivity index (χ1v) is 7.53. The van der Waals surface area contributed by atoms with Gasteiger partial charge in [0.15, 0.2) is 5.01 Å². The van der Waals surface area contributed by atoms with Crippen molar-refractivity contribution in [3.63, 3.8) is 0 Å². The van der Waals surface area contributed by atoms with E-state index in [4.69, 9.17) is 0 Å². The van der Waals surface area contributed by atoms with Gasteiger partial charge in [0.1, 0.15) is 5.01 Å². The Kier molecular flexibility index (Phi) is 4.67. The molecule has 108 valence electrons. The molecule has 0 amide bonds. The molecular formula is C14H20N4OS. The highest BCUT2D eigenvalue weighted by atomic mass is 32.1. The molecule has 0 saturated carbocycles. The summed E-state index contributed by atoms with van der Waals surface area (Å²) >= 11 is 1.53. The van der Waals surface area contributed by atoms with E-state index in [1.165, 1.54) is 17.4 Å². The fourth-order valence-corrected chi connectivity index (χ4v) is 2.60. The van der Waals surface area contributed by atoms with E-state index in [0.717, 1.165) is 35.1 Å². The molecule has 0 bridgehead atoms. The van der Waals surface area contributed by atoms with Crippen molar-refractivity contribution >= 4 is 11.3 Å². The van der Waals surface area contributed by atoms with Crippen LogP contribution in [0.15, 0.2) is 23.0 Å². The molecule has 0 fully saturated rings. The molecule has 6 heteroatoms. The van der Waals surface area contributed by atoms with E-state index < -0.39 is 0 Å². The van der Waals surface area contributed by atoms with E-state index in [1.54, 1.807) is 6.07 Å². The van der Waals surface area contributed by atoms with Crippen molar-refractivity contribution < 1.29 is 0 Å². The third kappa shape index (κ3) is 4.54. The van der Waals surface area contributed by atoms with Gasteiger partial charge in [0, 0.05) is 18.0 Å². The van der Waals surface area contributed by atoms with Crippen LogP contribution in [-0.2, 0) is 6.42 Å². The number of hydrogen-bond donors (Lipinski definition) is 2. The molecule has 0 aromatic carbocycles. The Bertz CT molecular complexity index is 612. The molecular weight excluding hydrogens is 272 g/mol. The summed E-state index contributed by atoms with van der Waals surface area (Å²) in [5, 5.41) is 13.5. The van der Waals surface area contributed by atoms with Gasteiger partial charge in [-0.05, 0) is 39.8 Å². The molecule has 2 N–H and O–H groups in total. The number of aromatic nitrogens is 3. The predicted octanol–water partition coefficient (Wildman–Crippen LogP) is 2.21. The summed E-state index contributed by atoms with van der Waals surface area (Å²) in [5.41, 5.74) is 0.762. The minimum Gasteiger partial charge on any atom is -0.320 e. The molecule has 0 spiro atoms. The average Bonchev–Trinajstić information content (AvgIpc) is 2.82. The van der Waals surface area contributed by atoms with Crippen LogP contribution in [-0.4, -0.2) is 27.3 Å². The van der Waals surface area contributed by atoms with Crippen LogP contribution in [0.2, 0.25) is 0 Å². The highest BCUT2D eigenvalue weighted by Crippen LogP contribution is 2.21. The van der Waals surface area contributed by atoms with Crippen LogP contribution >= 0.6 is 11.3 Å². The van der Waals surface area contributed by atoms with Crippen LogP contribution in [0.4, 0.5) is 0 Å². The summed E-state index contributed by atoms with van der Waals surface area (Å²) in [6, 6.07) is 5.05. The molecule has 2 rings (SSSR count). The molecule has 0 saturated heterocycles. The smallest absolute Gasteiger partial charge is 0.248 e. The maximum Gasteiger partial charge on any atom is 0.248 e. The molecule has 20 heavy (non-hydrogen) atoms. The Balaban J connectivity index is 1.91. The van der Waals surface area contributed by atoms with Crippen LogP contribution in [0.25, 0.3) is 10.7 Å². The number of nitrogens with zero attached hydrogens (tertiary/aromatic N) is 2. The van der Waals surface area contributed by atoms with Gasteiger partial charge in [-0.1, -0.05) is 17.4 Å². The lowest BCUT2D eigenvalue weighted by Crippen LogP contribution is -2.36. The van der Waals surface area contributed by atoms with Gasteiger partial charge in [0.2, 0.25) is 5.56 Å². The highest BCUT2D eigenvalue weighted by Gasteiger charge is 2.09. The van der Waals surface area contributed by atoms with E-state index in [9.17, 15) is 4.79 Å². The van der Waals surface area contributed by atoms with Crippen molar-refractivity contribution in [1.82, 2.24) is 20.5 Å². The summed E-state index contributed by atoms with van der Waals surface area (Å²) in [6.07, 6.45) is 1.93. The van der Waals surface area contributed by atoms with Gasteiger partial charge in [-0.2, -0.15) is 0 Å². The van der Waals surface area contributed by atoms with E-state index in [2.05, 4.69) is 41.3 Å². The van der Waals surface area contributed by atoms with Crippen molar-refractivity contribution in [2.45, 2.75) is 39.2 Å². The topological polar surface area (TPSA) is 70.7 Å². The number of rotatable bonds is 5. The summed E-state index contributed by atoms with van der Waals surface area (Å²) in [5.74, 6) is 0. The second-order valence-corrected chi connectivity index (χ2v) is 6.77. The molecule has 0 aliphatic heterocycles. The number of aromatic amines is 1. The summed E-state index contributed by atoms with van der Waals surface area (Å²) in [7, 11) is 0. The second kappa shape index (κ2) is 6.28. The third-order valence-electron chi connectivity index (χ3n) is 2.69. The van der Waals surface area contributed by atoms with Crippen molar-refractivity contribution in [2.75, 3.05) is 6.54 Å². The molecule has 0 unspecified atom stereocenters. The van der Waals surface area contributed by atoms with Crippen molar-refractivity contribution in [3.05, 3.63) is 33.6 Å². The second-order valence-electron chi connectivity index (χ2n) is 5.71. The number of aryl methyl sites for hydroxylation is 1. The molecule has 0 radical (unpaired) electrons. The lowest BCUT2D eigenvalue weighted by Gasteiger charge is -2.20. The van der Waals surface area contributed by atoms with Gasteiger partial charge in [-0.15, -0.1) is 10.2 Å². The number of nitrogens with one attached hydrogen (secondary N) is 2. The Morgan fingerprint density at radius 3 is 2.80 bits per heavy atom. The van der Waals surface area contributed by atoms with Gasteiger partial charge < -0.3 is 10.3 Å². The normalized spacial score (nSPS) is 11.8. The lowest BCUT2D eigenvalue weighted by atomic mass is 10.1. The molecule has 0 aliphatic rings. The first-order chi connectivity index (χ1) is 9.44. The summed E-state index contributed by atoms with van der Waals surface area (Å²) in [4.78, 5) is 14.0. The van der Waals surface area contributed by atoms with Gasteiger partial charge >= 0.3 is 0 Å². The molecule has 2 aromatic heterocycles. The van der Waals surface area contributed by atoms with E-state index in [-0.39, 0.29) is 11.1 Å². The Hall–Kier alpha value is -1.53. The van der Waals surface area contributed by atoms with Crippen LogP contribution < -0.4 is 10.9 Å².